The molecule has 0 spiro atoms. The third-order valence-corrected chi connectivity index (χ3v) is 7.10. The molecule has 4 aromatic rings. The number of anilines is 2. The number of rotatable bonds is 7. The van der Waals surface area contributed by atoms with Crippen LogP contribution >= 0.6 is 0 Å². The normalized spacial score (nSPS) is 17.1. The number of urea groups is 1. The number of fused-ring (bicyclic) bond motifs is 1. The number of hydrogen-bond acceptors (Lipinski definition) is 8. The summed E-state index contributed by atoms with van der Waals surface area (Å²) in [7, 11) is 1.70. The minimum absolute atomic E-state index is 0.180. The van der Waals surface area contributed by atoms with Gasteiger partial charge < -0.3 is 15.7 Å². The number of nitrogens with zero attached hydrogens (tertiary/aromatic N) is 6. The molecule has 4 aromatic heterocycles. The number of aromatic nitrogens is 6. The van der Waals surface area contributed by atoms with E-state index < -0.39 is 11.6 Å². The molecule has 2 amide bonds. The van der Waals surface area contributed by atoms with Crippen LogP contribution in [0.5, 0.6) is 0 Å². The maximum Gasteiger partial charge on any atom is 0.320 e. The average molecular weight is 546 g/mol. The fourth-order valence-corrected chi connectivity index (χ4v) is 4.67. The second kappa shape index (κ2) is 10.0. The maximum absolute atomic E-state index is 13.7. The van der Waals surface area contributed by atoms with Crippen LogP contribution < -0.4 is 21.5 Å². The Morgan fingerprint density at radius 3 is 2.60 bits per heavy atom. The first-order valence-electron chi connectivity index (χ1n) is 13.2. The number of carbonyl (C=O) groups excluding carboxylic acids is 1. The first-order valence-corrected chi connectivity index (χ1v) is 13.2. The Morgan fingerprint density at radius 1 is 1.18 bits per heavy atom. The second-order valence-electron chi connectivity index (χ2n) is 11.8. The number of nitrogens with one attached hydrogen (secondary N) is 3. The number of amides is 2. The predicted octanol–water partition coefficient (Wildman–Crippen LogP) is 3.12. The van der Waals surface area contributed by atoms with Gasteiger partial charge in [-0.05, 0) is 38.5 Å². The van der Waals surface area contributed by atoms with E-state index in [-0.39, 0.29) is 29.5 Å². The number of aliphatic hydroxyl groups excluding tert-OH is 1. The van der Waals surface area contributed by atoms with E-state index in [0.717, 1.165) is 11.4 Å². The summed E-state index contributed by atoms with van der Waals surface area (Å²) in [6.07, 6.45) is 5.63. The van der Waals surface area contributed by atoms with Crippen molar-refractivity contribution in [1.82, 2.24) is 34.6 Å². The number of aliphatic hydroxyl groups is 1. The molecule has 12 nitrogen and oxygen atoms in total. The molecule has 40 heavy (non-hydrogen) atoms. The molecular formula is C28H35N9O3. The lowest BCUT2D eigenvalue weighted by Gasteiger charge is -2.27. The molecule has 1 aliphatic rings. The van der Waals surface area contributed by atoms with Crippen LogP contribution in [0.3, 0.4) is 0 Å². The van der Waals surface area contributed by atoms with E-state index in [2.05, 4.69) is 51.7 Å². The van der Waals surface area contributed by atoms with Crippen molar-refractivity contribution in [1.29, 1.82) is 0 Å². The van der Waals surface area contributed by atoms with Gasteiger partial charge in [0.05, 0.1) is 29.7 Å². The molecule has 1 aliphatic carbocycles. The van der Waals surface area contributed by atoms with Gasteiger partial charge >= 0.3 is 6.03 Å². The average Bonchev–Trinajstić information content (AvgIpc) is 3.53. The van der Waals surface area contributed by atoms with Gasteiger partial charge in [-0.2, -0.15) is 10.1 Å². The molecular weight excluding hydrogens is 510 g/mol. The highest BCUT2D eigenvalue weighted by atomic mass is 16.3. The lowest BCUT2D eigenvalue weighted by atomic mass is 9.92. The van der Waals surface area contributed by atoms with Crippen molar-refractivity contribution < 1.29 is 9.90 Å². The molecule has 4 heterocycles. The van der Waals surface area contributed by atoms with E-state index in [9.17, 15) is 14.7 Å². The SMILES string of the molecule is CNc1ncc2cc(C3CC3NC(=O)Nc3cc(C(C)(C)C)nn3-c3cccnc3)c(=O)n(C(C)(C)CO)c2n1. The summed E-state index contributed by atoms with van der Waals surface area (Å²) in [5.74, 6) is 0.716. The number of hydrogen-bond donors (Lipinski definition) is 4. The van der Waals surface area contributed by atoms with Crippen LogP contribution in [0.15, 0.2) is 47.7 Å². The molecule has 210 valence electrons. The van der Waals surface area contributed by atoms with Gasteiger partial charge in [0.25, 0.3) is 5.56 Å². The van der Waals surface area contributed by atoms with Gasteiger partial charge in [0.2, 0.25) is 5.95 Å². The topological polar surface area (TPSA) is 152 Å². The Kier molecular flexibility index (Phi) is 6.82. The van der Waals surface area contributed by atoms with Gasteiger partial charge in [0.15, 0.2) is 0 Å². The zero-order valence-electron chi connectivity index (χ0n) is 23.6. The monoisotopic (exact) mass is 545 g/mol. The Labute approximate surface area is 231 Å². The van der Waals surface area contributed by atoms with Crippen molar-refractivity contribution in [2.75, 3.05) is 24.3 Å². The lowest BCUT2D eigenvalue weighted by Crippen LogP contribution is -2.41. The molecule has 12 heteroatoms. The van der Waals surface area contributed by atoms with Gasteiger partial charge in [-0.25, -0.2) is 14.5 Å². The van der Waals surface area contributed by atoms with Crippen molar-refractivity contribution in [2.45, 2.75) is 64.0 Å². The van der Waals surface area contributed by atoms with Crippen LogP contribution in [0.1, 0.15) is 58.2 Å². The van der Waals surface area contributed by atoms with Crippen LogP contribution in [0.4, 0.5) is 16.6 Å². The summed E-state index contributed by atoms with van der Waals surface area (Å²) in [5, 5.41) is 24.3. The molecule has 0 radical (unpaired) electrons. The van der Waals surface area contributed by atoms with Gasteiger partial charge in [0.1, 0.15) is 11.5 Å². The third kappa shape index (κ3) is 5.14. The van der Waals surface area contributed by atoms with Crippen molar-refractivity contribution in [2.24, 2.45) is 0 Å². The predicted molar refractivity (Wildman–Crippen MR) is 153 cm³/mol. The van der Waals surface area contributed by atoms with Crippen LogP contribution in [0.25, 0.3) is 16.7 Å². The fraction of sp³-hybridized carbons (Fsp3) is 0.429. The smallest absolute Gasteiger partial charge is 0.320 e. The Hall–Kier alpha value is -4.32. The number of pyridine rings is 2. The molecule has 0 aliphatic heterocycles. The van der Waals surface area contributed by atoms with Crippen LogP contribution in [-0.4, -0.2) is 60.1 Å². The van der Waals surface area contributed by atoms with Crippen molar-refractivity contribution in [3.63, 3.8) is 0 Å². The molecule has 0 bridgehead atoms. The highest BCUT2D eigenvalue weighted by molar-refractivity contribution is 5.89. The summed E-state index contributed by atoms with van der Waals surface area (Å²) < 4.78 is 3.19. The van der Waals surface area contributed by atoms with Gasteiger partial charge in [0, 0.05) is 53.8 Å². The summed E-state index contributed by atoms with van der Waals surface area (Å²) in [4.78, 5) is 39.8. The van der Waals surface area contributed by atoms with Gasteiger partial charge in [-0.15, -0.1) is 0 Å². The largest absolute Gasteiger partial charge is 0.394 e. The van der Waals surface area contributed by atoms with Crippen molar-refractivity contribution in [3.8, 4) is 5.69 Å². The highest BCUT2D eigenvalue weighted by Gasteiger charge is 2.42. The lowest BCUT2D eigenvalue weighted by molar-refractivity contribution is 0.164. The minimum atomic E-state index is -0.893. The van der Waals surface area contributed by atoms with E-state index >= 15 is 0 Å². The third-order valence-electron chi connectivity index (χ3n) is 7.10. The molecule has 2 atom stereocenters. The second-order valence-corrected chi connectivity index (χ2v) is 11.8. The Balaban J connectivity index is 1.40. The molecule has 0 aromatic carbocycles. The van der Waals surface area contributed by atoms with Crippen LogP contribution in [0.2, 0.25) is 0 Å². The molecule has 0 saturated heterocycles. The quantitative estimate of drug-likeness (QED) is 0.276. The summed E-state index contributed by atoms with van der Waals surface area (Å²) in [6.45, 7) is 9.49. The zero-order chi connectivity index (χ0) is 28.8. The fourth-order valence-electron chi connectivity index (χ4n) is 4.67. The standard InChI is InChI=1S/C28H35N9O3/c1-27(2,3)21-12-22(37(35-21)17-8-7-9-30-14-17)33-26(40)32-20-11-18(20)19-10-16-13-31-25(29-6)34-23(16)36(24(19)39)28(4,5)15-38/h7-10,12-14,18,20,38H,11,15H2,1-6H3,(H,29,31,34)(H2,32,33,40). The molecule has 1 saturated carbocycles. The van der Waals surface area contributed by atoms with E-state index in [1.54, 1.807) is 50.2 Å². The van der Waals surface area contributed by atoms with E-state index in [0.29, 0.717) is 34.8 Å². The minimum Gasteiger partial charge on any atom is -0.394 e. The Bertz CT molecular complexity index is 1620. The van der Waals surface area contributed by atoms with E-state index in [4.69, 9.17) is 5.10 Å². The molecule has 2 unspecified atom stereocenters. The molecule has 5 rings (SSSR count). The summed E-state index contributed by atoms with van der Waals surface area (Å²) in [5.41, 5.74) is 1.18. The van der Waals surface area contributed by atoms with Gasteiger partial charge in [-0.3, -0.25) is 19.7 Å². The first kappa shape index (κ1) is 27.3. The molecule has 1 fully saturated rings. The summed E-state index contributed by atoms with van der Waals surface area (Å²) in [6, 6.07) is 6.70. The highest BCUT2D eigenvalue weighted by Crippen LogP contribution is 2.40. The van der Waals surface area contributed by atoms with Crippen molar-refractivity contribution >= 4 is 28.8 Å². The zero-order valence-corrected chi connectivity index (χ0v) is 23.6. The van der Waals surface area contributed by atoms with Crippen LogP contribution in [0, 0.1) is 0 Å². The van der Waals surface area contributed by atoms with Gasteiger partial charge in [-0.1, -0.05) is 20.8 Å². The van der Waals surface area contributed by atoms with Crippen LogP contribution in [-0.2, 0) is 11.0 Å². The first-order chi connectivity index (χ1) is 18.9. The molecule has 4 N–H and O–H groups in total. The number of carbonyl (C=O) groups is 1. The Morgan fingerprint density at radius 2 is 1.95 bits per heavy atom. The van der Waals surface area contributed by atoms with E-state index in [1.807, 2.05) is 18.2 Å². The summed E-state index contributed by atoms with van der Waals surface area (Å²) >= 11 is 0. The van der Waals surface area contributed by atoms with E-state index in [1.165, 1.54) is 4.57 Å². The maximum atomic E-state index is 13.7. The van der Waals surface area contributed by atoms with Crippen molar-refractivity contribution in [3.05, 3.63) is 64.5 Å².